The van der Waals surface area contributed by atoms with Gasteiger partial charge in [-0.25, -0.2) is 0 Å². The van der Waals surface area contributed by atoms with Gasteiger partial charge in [-0.1, -0.05) is 78.9 Å². The zero-order valence-corrected chi connectivity index (χ0v) is 14.1. The Labute approximate surface area is 149 Å². The first-order chi connectivity index (χ1) is 12.4. The summed E-state index contributed by atoms with van der Waals surface area (Å²) in [5.41, 5.74) is 3.86. The van der Waals surface area contributed by atoms with Crippen molar-refractivity contribution in [1.82, 2.24) is 0 Å². The Bertz CT molecular complexity index is 945. The Morgan fingerprint density at radius 3 is 2.08 bits per heavy atom. The van der Waals surface area contributed by atoms with Gasteiger partial charge in [0.2, 0.25) is 0 Å². The van der Waals surface area contributed by atoms with Crippen LogP contribution in [0.15, 0.2) is 97.1 Å². The van der Waals surface area contributed by atoms with Crippen molar-refractivity contribution in [2.24, 2.45) is 0 Å². The lowest BCUT2D eigenvalue weighted by Crippen LogP contribution is -2.22. The zero-order valence-electron chi connectivity index (χ0n) is 14.1. The first-order valence-corrected chi connectivity index (χ1v) is 8.61. The van der Waals surface area contributed by atoms with Crippen LogP contribution in [0.1, 0.15) is 11.1 Å². The largest absolute Gasteiger partial charge is 0.363 e. The van der Waals surface area contributed by atoms with E-state index in [9.17, 15) is 0 Å². The van der Waals surface area contributed by atoms with Gasteiger partial charge in [-0.05, 0) is 46.2 Å². The SMILES string of the molecule is [c]1ccc(N(Cc2ccccc2)Cc2ccc3ccccc3c2)cc1. The molecule has 0 aliphatic carbocycles. The van der Waals surface area contributed by atoms with Gasteiger partial charge in [0, 0.05) is 18.8 Å². The van der Waals surface area contributed by atoms with Crippen LogP contribution in [0.3, 0.4) is 0 Å². The first-order valence-electron chi connectivity index (χ1n) is 8.61. The number of anilines is 1. The van der Waals surface area contributed by atoms with E-state index in [-0.39, 0.29) is 0 Å². The van der Waals surface area contributed by atoms with Crippen molar-refractivity contribution < 1.29 is 0 Å². The molecule has 0 unspecified atom stereocenters. The maximum absolute atomic E-state index is 3.11. The highest BCUT2D eigenvalue weighted by molar-refractivity contribution is 5.83. The molecule has 4 rings (SSSR count). The number of fused-ring (bicyclic) bond motifs is 1. The Morgan fingerprint density at radius 2 is 1.28 bits per heavy atom. The maximum Gasteiger partial charge on any atom is 0.0433 e. The van der Waals surface area contributed by atoms with Crippen LogP contribution in [-0.2, 0) is 13.1 Å². The molecule has 0 bridgehead atoms. The van der Waals surface area contributed by atoms with Crippen LogP contribution in [0.5, 0.6) is 0 Å². The van der Waals surface area contributed by atoms with E-state index in [4.69, 9.17) is 0 Å². The number of benzene rings is 4. The number of hydrogen-bond acceptors (Lipinski definition) is 1. The Morgan fingerprint density at radius 1 is 0.600 bits per heavy atom. The lowest BCUT2D eigenvalue weighted by atomic mass is 10.1. The summed E-state index contributed by atoms with van der Waals surface area (Å²) in [7, 11) is 0. The molecule has 0 atom stereocenters. The fourth-order valence-corrected chi connectivity index (χ4v) is 3.19. The maximum atomic E-state index is 3.11. The topological polar surface area (TPSA) is 3.24 Å². The summed E-state index contributed by atoms with van der Waals surface area (Å²) in [6, 6.07) is 37.2. The second kappa shape index (κ2) is 7.23. The van der Waals surface area contributed by atoms with Gasteiger partial charge in [-0.15, -0.1) is 0 Å². The predicted octanol–water partition coefficient (Wildman–Crippen LogP) is 5.85. The van der Waals surface area contributed by atoms with E-state index in [0.29, 0.717) is 0 Å². The molecule has 4 aromatic rings. The molecule has 0 aliphatic heterocycles. The first kappa shape index (κ1) is 15.5. The quantitative estimate of drug-likeness (QED) is 0.446. The van der Waals surface area contributed by atoms with Crippen LogP contribution in [0.2, 0.25) is 0 Å². The zero-order chi connectivity index (χ0) is 16.9. The second-order valence-corrected chi connectivity index (χ2v) is 6.28. The molecule has 0 saturated heterocycles. The lowest BCUT2D eigenvalue weighted by molar-refractivity contribution is 0.801. The lowest BCUT2D eigenvalue weighted by Gasteiger charge is -2.25. The fraction of sp³-hybridized carbons (Fsp3) is 0.0833. The van der Waals surface area contributed by atoms with Crippen LogP contribution >= 0.6 is 0 Å². The van der Waals surface area contributed by atoms with Gasteiger partial charge in [0.25, 0.3) is 0 Å². The highest BCUT2D eigenvalue weighted by atomic mass is 15.1. The smallest absolute Gasteiger partial charge is 0.0433 e. The molecule has 1 radical (unpaired) electrons. The average molecular weight is 322 g/mol. The summed E-state index contributed by atoms with van der Waals surface area (Å²) >= 11 is 0. The normalized spacial score (nSPS) is 10.7. The molecule has 0 spiro atoms. The number of nitrogens with zero attached hydrogens (tertiary/aromatic N) is 1. The molecule has 1 heteroatoms. The van der Waals surface area contributed by atoms with Crippen LogP contribution in [-0.4, -0.2) is 0 Å². The van der Waals surface area contributed by atoms with E-state index >= 15 is 0 Å². The highest BCUT2D eigenvalue weighted by Gasteiger charge is 2.09. The summed E-state index contributed by atoms with van der Waals surface area (Å²) in [6.45, 7) is 1.77. The van der Waals surface area contributed by atoms with Gasteiger partial charge >= 0.3 is 0 Å². The minimum absolute atomic E-state index is 0.879. The van der Waals surface area contributed by atoms with E-state index in [1.54, 1.807) is 0 Å². The van der Waals surface area contributed by atoms with Gasteiger partial charge in [0.15, 0.2) is 0 Å². The minimum atomic E-state index is 0.879. The van der Waals surface area contributed by atoms with Crippen molar-refractivity contribution in [3.8, 4) is 0 Å². The Kier molecular flexibility index (Phi) is 4.47. The van der Waals surface area contributed by atoms with Crippen molar-refractivity contribution in [3.63, 3.8) is 0 Å². The van der Waals surface area contributed by atoms with Crippen LogP contribution in [0, 0.1) is 6.07 Å². The van der Waals surface area contributed by atoms with Crippen LogP contribution in [0.4, 0.5) is 5.69 Å². The summed E-state index contributed by atoms with van der Waals surface area (Å²) in [6.07, 6.45) is 0. The van der Waals surface area contributed by atoms with Crippen molar-refractivity contribution >= 4 is 16.5 Å². The van der Waals surface area contributed by atoms with E-state index in [1.807, 2.05) is 12.1 Å². The molecule has 25 heavy (non-hydrogen) atoms. The van der Waals surface area contributed by atoms with Gasteiger partial charge in [-0.2, -0.15) is 0 Å². The van der Waals surface area contributed by atoms with Gasteiger partial charge in [-0.3, -0.25) is 0 Å². The molecule has 0 heterocycles. The van der Waals surface area contributed by atoms with Crippen molar-refractivity contribution in [2.75, 3.05) is 4.90 Å². The monoisotopic (exact) mass is 322 g/mol. The molecular weight excluding hydrogens is 302 g/mol. The molecule has 0 aromatic heterocycles. The molecule has 121 valence electrons. The van der Waals surface area contributed by atoms with Gasteiger partial charge in [0.05, 0.1) is 0 Å². The van der Waals surface area contributed by atoms with Crippen molar-refractivity contribution in [2.45, 2.75) is 13.1 Å². The summed E-state index contributed by atoms with van der Waals surface area (Å²) < 4.78 is 0. The second-order valence-electron chi connectivity index (χ2n) is 6.28. The predicted molar refractivity (Wildman–Crippen MR) is 106 cm³/mol. The molecule has 1 nitrogen and oxygen atoms in total. The summed E-state index contributed by atoms with van der Waals surface area (Å²) in [5, 5.41) is 2.58. The third kappa shape index (κ3) is 3.72. The average Bonchev–Trinajstić information content (AvgIpc) is 2.69. The van der Waals surface area contributed by atoms with Crippen molar-refractivity contribution in [3.05, 3.63) is 114 Å². The van der Waals surface area contributed by atoms with E-state index < -0.39 is 0 Å². The highest BCUT2D eigenvalue weighted by Crippen LogP contribution is 2.22. The molecule has 0 amide bonds. The van der Waals surface area contributed by atoms with Crippen LogP contribution < -0.4 is 4.90 Å². The molecule has 0 aliphatic rings. The van der Waals surface area contributed by atoms with Gasteiger partial charge in [0.1, 0.15) is 0 Å². The molecule has 0 N–H and O–H groups in total. The van der Waals surface area contributed by atoms with Crippen molar-refractivity contribution in [1.29, 1.82) is 0 Å². The van der Waals surface area contributed by atoms with Crippen LogP contribution in [0.25, 0.3) is 10.8 Å². The number of rotatable bonds is 5. The van der Waals surface area contributed by atoms with Gasteiger partial charge < -0.3 is 4.90 Å². The third-order valence-electron chi connectivity index (χ3n) is 4.47. The van der Waals surface area contributed by atoms with E-state index in [2.05, 4.69) is 95.9 Å². The molecule has 0 fully saturated rings. The molecule has 4 aromatic carbocycles. The van der Waals surface area contributed by atoms with E-state index in [0.717, 1.165) is 13.1 Å². The summed E-state index contributed by atoms with van der Waals surface area (Å²) in [5.74, 6) is 0. The minimum Gasteiger partial charge on any atom is -0.363 e. The molecular formula is C24H20N. The fourth-order valence-electron chi connectivity index (χ4n) is 3.19. The number of hydrogen-bond donors (Lipinski definition) is 0. The standard InChI is InChI=1S/C24H20N/c1-3-9-20(10-4-1)18-25(24-13-5-2-6-14-24)19-21-15-16-22-11-7-8-12-23(22)17-21/h1,3-17H,18-19H2. The molecule has 0 saturated carbocycles. The third-order valence-corrected chi connectivity index (χ3v) is 4.47. The van der Waals surface area contributed by atoms with E-state index in [1.165, 1.54) is 27.6 Å². The summed E-state index contributed by atoms with van der Waals surface area (Å²) in [4.78, 5) is 2.41. The Hall–Kier alpha value is -3.06. The Balaban J connectivity index is 1.65.